The van der Waals surface area contributed by atoms with Gasteiger partial charge in [0.1, 0.15) is 0 Å². The van der Waals surface area contributed by atoms with E-state index in [1.54, 1.807) is 24.3 Å². The van der Waals surface area contributed by atoms with Crippen molar-refractivity contribution in [2.75, 3.05) is 5.32 Å². The van der Waals surface area contributed by atoms with Gasteiger partial charge in [0.05, 0.1) is 5.71 Å². The molecule has 4 fully saturated rings. The molecular weight excluding hydrogens is 394 g/mol. The molecule has 7 rings (SSSR count). The van der Waals surface area contributed by atoms with Crippen LogP contribution in [0, 0.1) is 23.7 Å². The second-order valence-electron chi connectivity index (χ2n) is 9.70. The van der Waals surface area contributed by atoms with Gasteiger partial charge in [0, 0.05) is 28.1 Å². The van der Waals surface area contributed by atoms with Crippen molar-refractivity contribution in [2.24, 2.45) is 28.8 Å². The maximum absolute atomic E-state index is 12.4. The maximum atomic E-state index is 12.4. The summed E-state index contributed by atoms with van der Waals surface area (Å²) in [5.74, 6) is 3.42. The molecule has 0 aliphatic heterocycles. The quantitative estimate of drug-likeness (QED) is 0.579. The Morgan fingerprint density at radius 2 is 1.60 bits per heavy atom. The Hall–Kier alpha value is -2.33. The highest BCUT2D eigenvalue weighted by atomic mass is 35.5. The monoisotopic (exact) mass is 419 g/mol. The van der Waals surface area contributed by atoms with Gasteiger partial charge >= 0.3 is 6.03 Å². The Kier molecular flexibility index (Phi) is 4.21. The van der Waals surface area contributed by atoms with E-state index in [1.165, 1.54) is 43.2 Å². The Morgan fingerprint density at radius 1 is 0.933 bits per heavy atom. The van der Waals surface area contributed by atoms with E-state index in [9.17, 15) is 4.79 Å². The predicted octanol–water partition coefficient (Wildman–Crippen LogP) is 5.96. The lowest BCUT2D eigenvalue weighted by Gasteiger charge is -2.60. The molecule has 0 atom stereocenters. The zero-order valence-corrected chi connectivity index (χ0v) is 17.7. The normalized spacial score (nSPS) is 34.4. The lowest BCUT2D eigenvalue weighted by Crippen LogP contribution is -2.54. The minimum Gasteiger partial charge on any atom is -0.307 e. The highest BCUT2D eigenvalue weighted by Gasteiger charge is 2.60. The highest BCUT2D eigenvalue weighted by Crippen LogP contribution is 2.66. The van der Waals surface area contributed by atoms with E-state index in [0.717, 1.165) is 35.8 Å². The minimum atomic E-state index is -0.326. The Bertz CT molecular complexity index is 1000. The van der Waals surface area contributed by atoms with Gasteiger partial charge in [-0.05, 0) is 85.6 Å². The van der Waals surface area contributed by atoms with Crippen LogP contribution in [-0.2, 0) is 5.41 Å². The number of hydrogen-bond acceptors (Lipinski definition) is 2. The number of carbonyl (C=O) groups is 1. The second-order valence-corrected chi connectivity index (χ2v) is 10.1. The van der Waals surface area contributed by atoms with Crippen molar-refractivity contribution in [3.63, 3.8) is 0 Å². The second kappa shape index (κ2) is 6.84. The van der Waals surface area contributed by atoms with E-state index >= 15 is 0 Å². The fraction of sp³-hybridized carbons (Fsp3) is 0.440. The van der Waals surface area contributed by atoms with E-state index in [4.69, 9.17) is 11.6 Å². The average Bonchev–Trinajstić information content (AvgIpc) is 3.07. The average molecular weight is 420 g/mol. The first-order chi connectivity index (χ1) is 14.6. The van der Waals surface area contributed by atoms with Gasteiger partial charge in [-0.1, -0.05) is 35.9 Å². The van der Waals surface area contributed by atoms with Crippen LogP contribution in [0.4, 0.5) is 10.5 Å². The van der Waals surface area contributed by atoms with Crippen molar-refractivity contribution in [2.45, 2.75) is 43.9 Å². The third-order valence-corrected chi connectivity index (χ3v) is 8.44. The summed E-state index contributed by atoms with van der Waals surface area (Å²) in [6.45, 7) is 0. The molecule has 0 radical (unpaired) electrons. The van der Waals surface area contributed by atoms with Gasteiger partial charge in [-0.2, -0.15) is 5.10 Å². The zero-order chi connectivity index (χ0) is 20.3. The van der Waals surface area contributed by atoms with Gasteiger partial charge < -0.3 is 5.32 Å². The number of benzene rings is 2. The molecule has 5 aliphatic rings. The largest absolute Gasteiger partial charge is 0.339 e. The van der Waals surface area contributed by atoms with Crippen molar-refractivity contribution in [3.8, 4) is 0 Å². The molecule has 4 nitrogen and oxygen atoms in total. The van der Waals surface area contributed by atoms with Crippen molar-refractivity contribution in [3.05, 3.63) is 64.7 Å². The number of fused-ring (bicyclic) bond motifs is 1. The molecule has 0 saturated heterocycles. The van der Waals surface area contributed by atoms with Crippen molar-refractivity contribution < 1.29 is 4.79 Å². The van der Waals surface area contributed by atoms with Crippen LogP contribution < -0.4 is 10.7 Å². The summed E-state index contributed by atoms with van der Waals surface area (Å²) in [7, 11) is 0. The summed E-state index contributed by atoms with van der Waals surface area (Å²) < 4.78 is 0. The van der Waals surface area contributed by atoms with E-state index in [0.29, 0.717) is 10.7 Å². The van der Waals surface area contributed by atoms with Crippen LogP contribution in [0.1, 0.15) is 49.7 Å². The predicted molar refractivity (Wildman–Crippen MR) is 120 cm³/mol. The van der Waals surface area contributed by atoms with Crippen LogP contribution in [0.3, 0.4) is 0 Å². The summed E-state index contributed by atoms with van der Waals surface area (Å²) in [4.78, 5) is 12.4. The molecule has 0 aromatic heterocycles. The summed E-state index contributed by atoms with van der Waals surface area (Å²) in [6, 6.07) is 15.5. The van der Waals surface area contributed by atoms with Crippen LogP contribution in [-0.4, -0.2) is 11.7 Å². The number of carbonyl (C=O) groups excluding carboxylic acids is 1. The van der Waals surface area contributed by atoms with E-state index in [-0.39, 0.29) is 11.4 Å². The molecule has 5 heteroatoms. The van der Waals surface area contributed by atoms with E-state index < -0.39 is 0 Å². The number of hydrogen-bond donors (Lipinski definition) is 2. The molecule has 2 aromatic rings. The van der Waals surface area contributed by atoms with Gasteiger partial charge in [-0.25, -0.2) is 10.2 Å². The fourth-order valence-electron chi connectivity index (χ4n) is 7.27. The molecule has 0 unspecified atom stereocenters. The molecule has 154 valence electrons. The van der Waals surface area contributed by atoms with Crippen LogP contribution in [0.25, 0.3) is 0 Å². The maximum Gasteiger partial charge on any atom is 0.339 e. The Labute approximate surface area is 182 Å². The van der Waals surface area contributed by atoms with Gasteiger partial charge in [-0.15, -0.1) is 0 Å². The van der Waals surface area contributed by atoms with Crippen LogP contribution in [0.15, 0.2) is 53.6 Å². The molecular formula is C25H26ClN3O. The number of urea groups is 1. The van der Waals surface area contributed by atoms with Gasteiger partial charge in [0.25, 0.3) is 0 Å². The summed E-state index contributed by atoms with van der Waals surface area (Å²) in [5.41, 5.74) is 7.42. The molecule has 2 amide bonds. The van der Waals surface area contributed by atoms with Gasteiger partial charge in [0.15, 0.2) is 0 Å². The smallest absolute Gasteiger partial charge is 0.307 e. The third-order valence-electron chi connectivity index (χ3n) is 8.19. The minimum absolute atomic E-state index is 0.233. The van der Waals surface area contributed by atoms with Gasteiger partial charge in [-0.3, -0.25) is 0 Å². The fourth-order valence-corrected chi connectivity index (χ4v) is 7.40. The zero-order valence-electron chi connectivity index (χ0n) is 16.9. The highest BCUT2D eigenvalue weighted by molar-refractivity contribution is 6.30. The molecule has 30 heavy (non-hydrogen) atoms. The van der Waals surface area contributed by atoms with Crippen LogP contribution >= 0.6 is 11.6 Å². The number of halogens is 1. The Balaban J connectivity index is 1.27. The van der Waals surface area contributed by atoms with Crippen molar-refractivity contribution in [1.29, 1.82) is 0 Å². The molecule has 0 heterocycles. The first-order valence-electron chi connectivity index (χ1n) is 11.1. The molecule has 4 bridgehead atoms. The summed E-state index contributed by atoms with van der Waals surface area (Å²) in [6.07, 6.45) is 7.91. The third kappa shape index (κ3) is 2.80. The summed E-state index contributed by atoms with van der Waals surface area (Å²) in [5, 5.41) is 8.08. The van der Waals surface area contributed by atoms with Crippen molar-refractivity contribution >= 4 is 29.0 Å². The molecule has 2 aromatic carbocycles. The van der Waals surface area contributed by atoms with Crippen molar-refractivity contribution in [1.82, 2.24) is 5.43 Å². The molecule has 1 spiro atoms. The first-order valence-corrected chi connectivity index (χ1v) is 11.5. The number of amides is 2. The standard InChI is InChI=1S/C25H26ClN3O/c26-19-5-7-20(8-6-19)27-24(30)29-28-23-14-25(22-4-2-1-3-21(22)23)17-10-15-9-16(12-17)13-18(25)11-15/h1-8,15-18H,9-14H2,(H2,27,29,30)/b28-23-. The SMILES string of the molecule is O=C(N/N=C1/CC2(c3ccccc31)C1CC3CC(C1)CC2C3)Nc1ccc(Cl)cc1. The van der Waals surface area contributed by atoms with E-state index in [2.05, 4.69) is 40.1 Å². The van der Waals surface area contributed by atoms with Gasteiger partial charge in [0.2, 0.25) is 0 Å². The molecule has 4 saturated carbocycles. The number of nitrogens with zero attached hydrogens (tertiary/aromatic N) is 1. The van der Waals surface area contributed by atoms with Crippen LogP contribution in [0.5, 0.6) is 0 Å². The number of anilines is 1. The number of hydrazone groups is 1. The van der Waals surface area contributed by atoms with E-state index in [1.807, 2.05) is 0 Å². The summed E-state index contributed by atoms with van der Waals surface area (Å²) >= 11 is 5.92. The molecule has 5 aliphatic carbocycles. The lowest BCUT2D eigenvalue weighted by molar-refractivity contribution is -0.0557. The number of nitrogens with one attached hydrogen (secondary N) is 2. The topological polar surface area (TPSA) is 53.5 Å². The Morgan fingerprint density at radius 3 is 2.30 bits per heavy atom. The molecule has 2 N–H and O–H groups in total. The number of rotatable bonds is 2. The first kappa shape index (κ1) is 18.4. The lowest BCUT2D eigenvalue weighted by atomic mass is 9.44. The van der Waals surface area contributed by atoms with Crippen LogP contribution in [0.2, 0.25) is 5.02 Å².